The summed E-state index contributed by atoms with van der Waals surface area (Å²) >= 11 is 0. The highest BCUT2D eigenvalue weighted by molar-refractivity contribution is 6.00. The molecule has 1 aromatic heterocycles. The zero-order valence-corrected chi connectivity index (χ0v) is 37.2. The number of nitrogens with zero attached hydrogens (tertiary/aromatic N) is 3. The molecule has 4 N–H and O–H groups in total. The maximum atomic E-state index is 16.6. The summed E-state index contributed by atoms with van der Waals surface area (Å²) < 4.78 is 53.5. The van der Waals surface area contributed by atoms with Gasteiger partial charge in [0.1, 0.15) is 23.9 Å². The summed E-state index contributed by atoms with van der Waals surface area (Å²) in [6, 6.07) is 11.3. The van der Waals surface area contributed by atoms with Crippen LogP contribution in [0, 0.1) is 5.92 Å². The third-order valence-corrected chi connectivity index (χ3v) is 13.7. The van der Waals surface area contributed by atoms with Crippen LogP contribution in [0.1, 0.15) is 81.8 Å². The van der Waals surface area contributed by atoms with Gasteiger partial charge in [-0.2, -0.15) is 8.78 Å². The van der Waals surface area contributed by atoms with Crippen LogP contribution < -0.4 is 16.0 Å². The fourth-order valence-electron chi connectivity index (χ4n) is 10.1. The van der Waals surface area contributed by atoms with Crippen molar-refractivity contribution in [2.24, 2.45) is 5.92 Å². The Balaban J connectivity index is 1.01. The number of amides is 5. The molecule has 2 saturated heterocycles. The number of halogens is 2. The number of hydrogen-bond donors (Lipinski definition) is 4. The summed E-state index contributed by atoms with van der Waals surface area (Å²) in [5, 5.41) is 8.01. The first-order chi connectivity index (χ1) is 31.2. The number of hydrogen-bond acceptors (Lipinski definition) is 10. The fraction of sp³-hybridized carbons (Fsp3) is 0.489. The lowest BCUT2D eigenvalue weighted by atomic mass is 9.84. The van der Waals surface area contributed by atoms with Crippen molar-refractivity contribution in [2.75, 3.05) is 40.3 Å². The Morgan fingerprint density at radius 1 is 0.769 bits per heavy atom. The first-order valence-corrected chi connectivity index (χ1v) is 22.0. The molecule has 5 amide bonds. The summed E-state index contributed by atoms with van der Waals surface area (Å²) in [7, 11) is 5.30. The van der Waals surface area contributed by atoms with E-state index in [0.29, 0.717) is 64.9 Å². The second-order valence-corrected chi connectivity index (χ2v) is 17.3. The average molecular weight is 900 g/mol. The summed E-state index contributed by atoms with van der Waals surface area (Å²) in [6.45, 7) is 3.79. The Bertz CT molecular complexity index is 2500. The molecule has 3 fully saturated rings. The average Bonchev–Trinajstić information content (AvgIpc) is 4.11. The van der Waals surface area contributed by atoms with Gasteiger partial charge >= 0.3 is 12.2 Å². The number of alkyl halides is 2. The van der Waals surface area contributed by atoms with Gasteiger partial charge in [-0.15, -0.1) is 0 Å². The van der Waals surface area contributed by atoms with E-state index in [-0.39, 0.29) is 34.7 Å². The van der Waals surface area contributed by atoms with E-state index >= 15 is 8.78 Å². The Morgan fingerprint density at radius 2 is 1.38 bits per heavy atom. The molecule has 1 saturated carbocycles. The molecule has 3 heterocycles. The largest absolute Gasteiger partial charge is 0.453 e. The molecule has 8 rings (SSSR count). The number of fused-ring (bicyclic) bond motifs is 5. The first kappa shape index (κ1) is 45.4. The Hall–Kier alpha value is -6.14. The monoisotopic (exact) mass is 899 g/mol. The molecule has 2 aliphatic heterocycles. The minimum Gasteiger partial charge on any atom is -0.453 e. The lowest BCUT2D eigenvalue weighted by molar-refractivity contribution is -0.143. The standard InChI is InChI=1S/C47H55F2N7O9/c1-24(62-3)39(53-45(60)64-5)43(58)55-19-9-12-37(55)41-51-34-18-14-27(21-35(34)52-41)26-13-16-30-31-17-15-29(23-33(31)47(48,49)32(30)20-26)50-42(57)38-22-28-10-7-8-11-36(28)56(38)44(59)40(25(2)63-4)54-46(61)65-6/h13-18,20-21,23-25,28,36-40H,7-12,19,22H2,1-6H3,(H,50,57)(H,51,52)(H,53,60)(H,54,61)/t24-,25-,28+,36+,37+,38+,39+,40?/m1/s1. The maximum Gasteiger partial charge on any atom is 0.407 e. The lowest BCUT2D eigenvalue weighted by Crippen LogP contribution is -2.58. The number of aromatic amines is 1. The quantitative estimate of drug-likeness (QED) is 0.120. The number of aromatic nitrogens is 2. The number of ether oxygens (including phenoxy) is 4. The molecule has 16 nitrogen and oxygen atoms in total. The molecule has 65 heavy (non-hydrogen) atoms. The molecule has 4 aromatic rings. The molecule has 0 radical (unpaired) electrons. The van der Waals surface area contributed by atoms with Gasteiger partial charge in [-0.3, -0.25) is 14.4 Å². The van der Waals surface area contributed by atoms with Crippen LogP contribution in [0.25, 0.3) is 33.3 Å². The highest BCUT2D eigenvalue weighted by Crippen LogP contribution is 2.53. The van der Waals surface area contributed by atoms with E-state index in [0.717, 1.165) is 25.7 Å². The van der Waals surface area contributed by atoms with Crippen molar-refractivity contribution in [3.63, 3.8) is 0 Å². The number of carbonyl (C=O) groups is 5. The SMILES string of the molecule is COC(=O)NC(C(=O)N1[C@H](C(=O)Nc2ccc3c(c2)C(F)(F)c2cc(-c4ccc5[nH]c([C@@H]6CCCN6C(=O)[C@@H](NC(=O)OC)[C@@H](C)OC)nc5c4)ccc2-3)C[C@@H]2CCCC[C@@H]21)[C@@H](C)OC. The zero-order chi connectivity index (χ0) is 46.3. The number of methoxy groups -OCH3 is 4. The predicted molar refractivity (Wildman–Crippen MR) is 235 cm³/mol. The third-order valence-electron chi connectivity index (χ3n) is 13.7. The van der Waals surface area contributed by atoms with Crippen molar-refractivity contribution in [2.45, 2.75) is 107 Å². The number of likely N-dealkylation sites (tertiary alicyclic amines) is 2. The van der Waals surface area contributed by atoms with Crippen molar-refractivity contribution in [1.29, 1.82) is 0 Å². The van der Waals surface area contributed by atoms with E-state index in [1.165, 1.54) is 40.6 Å². The number of alkyl carbamates (subject to hydrolysis) is 2. The molecule has 0 bridgehead atoms. The topological polar surface area (TPSA) is 194 Å². The maximum absolute atomic E-state index is 16.6. The molecule has 18 heteroatoms. The highest BCUT2D eigenvalue weighted by Gasteiger charge is 2.50. The first-order valence-electron chi connectivity index (χ1n) is 22.0. The van der Waals surface area contributed by atoms with Gasteiger partial charge in [0.25, 0.3) is 5.92 Å². The van der Waals surface area contributed by atoms with Crippen LogP contribution in [0.4, 0.5) is 24.1 Å². The van der Waals surface area contributed by atoms with Crippen molar-refractivity contribution >= 4 is 46.6 Å². The number of nitrogens with one attached hydrogen (secondary N) is 4. The van der Waals surface area contributed by atoms with Crippen LogP contribution in [0.2, 0.25) is 0 Å². The van der Waals surface area contributed by atoms with Gasteiger partial charge in [0.2, 0.25) is 17.7 Å². The van der Waals surface area contributed by atoms with E-state index in [2.05, 4.69) is 20.9 Å². The summed E-state index contributed by atoms with van der Waals surface area (Å²) in [6.07, 6.45) is 2.23. The van der Waals surface area contributed by atoms with E-state index < -0.39 is 66.3 Å². The molecule has 2 aliphatic carbocycles. The molecular weight excluding hydrogens is 845 g/mol. The normalized spacial score (nSPS) is 22.5. The molecule has 346 valence electrons. The fourth-order valence-corrected chi connectivity index (χ4v) is 10.1. The number of benzene rings is 3. The minimum atomic E-state index is -3.41. The molecular formula is C47H55F2N7O9. The van der Waals surface area contributed by atoms with Gasteiger partial charge < -0.3 is 49.7 Å². The number of anilines is 1. The minimum absolute atomic E-state index is 0.0683. The molecule has 3 aromatic carbocycles. The van der Waals surface area contributed by atoms with Gasteiger partial charge in [-0.1, -0.05) is 37.1 Å². The molecule has 1 unspecified atom stereocenters. The van der Waals surface area contributed by atoms with Crippen LogP contribution in [0.15, 0.2) is 54.6 Å². The lowest BCUT2D eigenvalue weighted by Gasteiger charge is -2.37. The molecule has 4 aliphatic rings. The second-order valence-electron chi connectivity index (χ2n) is 17.3. The third kappa shape index (κ3) is 8.49. The van der Waals surface area contributed by atoms with E-state index in [9.17, 15) is 24.0 Å². The highest BCUT2D eigenvalue weighted by atomic mass is 19.3. The van der Waals surface area contributed by atoms with E-state index in [1.54, 1.807) is 47.9 Å². The predicted octanol–water partition coefficient (Wildman–Crippen LogP) is 6.63. The van der Waals surface area contributed by atoms with Crippen molar-refractivity contribution in [3.05, 3.63) is 71.5 Å². The van der Waals surface area contributed by atoms with Crippen molar-refractivity contribution in [3.8, 4) is 22.3 Å². The molecule has 0 spiro atoms. The van der Waals surface area contributed by atoms with Crippen LogP contribution in [-0.2, 0) is 39.3 Å². The summed E-state index contributed by atoms with van der Waals surface area (Å²) in [5.41, 5.74) is 2.97. The smallest absolute Gasteiger partial charge is 0.407 e. The Morgan fingerprint density at radius 3 is 2.06 bits per heavy atom. The van der Waals surface area contributed by atoms with Crippen molar-refractivity contribution < 1.29 is 51.7 Å². The van der Waals surface area contributed by atoms with Gasteiger partial charge in [-0.25, -0.2) is 14.6 Å². The van der Waals surface area contributed by atoms with Crippen LogP contribution in [0.5, 0.6) is 0 Å². The zero-order valence-electron chi connectivity index (χ0n) is 37.2. The Kier molecular flexibility index (Phi) is 12.9. The van der Waals surface area contributed by atoms with E-state index in [1.807, 2.05) is 18.2 Å². The number of rotatable bonds is 12. The van der Waals surface area contributed by atoms with Gasteiger partial charge in [0.05, 0.1) is 43.5 Å². The van der Waals surface area contributed by atoms with Gasteiger partial charge in [0, 0.05) is 43.6 Å². The number of H-pyrrole nitrogens is 1. The van der Waals surface area contributed by atoms with Crippen LogP contribution in [-0.4, -0.2) is 121 Å². The van der Waals surface area contributed by atoms with Crippen molar-refractivity contribution in [1.82, 2.24) is 30.4 Å². The summed E-state index contributed by atoms with van der Waals surface area (Å²) in [5.74, 6) is -4.07. The van der Waals surface area contributed by atoms with Crippen LogP contribution >= 0.6 is 0 Å². The van der Waals surface area contributed by atoms with Gasteiger partial charge in [0.15, 0.2) is 0 Å². The summed E-state index contributed by atoms with van der Waals surface area (Å²) in [4.78, 5) is 77.9. The Labute approximate surface area is 375 Å². The molecule has 8 atom stereocenters. The number of imidazole rings is 1. The van der Waals surface area contributed by atoms with Crippen LogP contribution in [0.3, 0.4) is 0 Å². The van der Waals surface area contributed by atoms with E-state index in [4.69, 9.17) is 23.9 Å². The second kappa shape index (κ2) is 18.4. The number of carbonyl (C=O) groups excluding carboxylic acids is 5. The van der Waals surface area contributed by atoms with Gasteiger partial charge in [-0.05, 0) is 104 Å².